The molecule has 1 aromatic carbocycles. The Bertz CT molecular complexity index is 1020. The van der Waals surface area contributed by atoms with Crippen molar-refractivity contribution in [3.63, 3.8) is 0 Å². The van der Waals surface area contributed by atoms with Crippen LogP contribution in [0.15, 0.2) is 47.1 Å². The SMILES string of the molecule is CCc1nnc2ccc(-c3noc(COc4ccc(OC)cc4)n3)cn12. The summed E-state index contributed by atoms with van der Waals surface area (Å²) in [5, 5.41) is 12.3. The number of rotatable bonds is 6. The van der Waals surface area contributed by atoms with Gasteiger partial charge in [-0.05, 0) is 36.4 Å². The molecule has 4 aromatic rings. The van der Waals surface area contributed by atoms with Gasteiger partial charge in [0.05, 0.1) is 7.11 Å². The van der Waals surface area contributed by atoms with Crippen molar-refractivity contribution in [1.82, 2.24) is 24.7 Å². The number of aromatic nitrogens is 5. The van der Waals surface area contributed by atoms with Crippen LogP contribution in [0.2, 0.25) is 0 Å². The van der Waals surface area contributed by atoms with E-state index in [9.17, 15) is 0 Å². The minimum absolute atomic E-state index is 0.189. The number of ether oxygens (including phenoxy) is 2. The minimum Gasteiger partial charge on any atom is -0.497 e. The average molecular weight is 351 g/mol. The minimum atomic E-state index is 0.189. The number of fused-ring (bicyclic) bond motifs is 1. The summed E-state index contributed by atoms with van der Waals surface area (Å²) >= 11 is 0. The van der Waals surface area contributed by atoms with Crippen molar-refractivity contribution in [2.75, 3.05) is 7.11 Å². The van der Waals surface area contributed by atoms with E-state index in [1.54, 1.807) is 7.11 Å². The van der Waals surface area contributed by atoms with Crippen molar-refractivity contribution in [3.8, 4) is 22.9 Å². The Morgan fingerprint density at radius 3 is 2.62 bits per heavy atom. The summed E-state index contributed by atoms with van der Waals surface area (Å²) in [5.41, 5.74) is 1.61. The molecule has 0 fully saturated rings. The highest BCUT2D eigenvalue weighted by Gasteiger charge is 2.12. The van der Waals surface area contributed by atoms with E-state index in [4.69, 9.17) is 14.0 Å². The Kier molecular flexibility index (Phi) is 4.22. The normalized spacial score (nSPS) is 11.0. The molecule has 0 aliphatic carbocycles. The highest BCUT2D eigenvalue weighted by atomic mass is 16.5. The van der Waals surface area contributed by atoms with Crippen molar-refractivity contribution >= 4 is 5.65 Å². The van der Waals surface area contributed by atoms with E-state index in [0.29, 0.717) is 17.5 Å². The second kappa shape index (κ2) is 6.83. The van der Waals surface area contributed by atoms with E-state index in [1.165, 1.54) is 0 Å². The third-order valence-corrected chi connectivity index (χ3v) is 3.94. The largest absolute Gasteiger partial charge is 0.497 e. The highest BCUT2D eigenvalue weighted by Crippen LogP contribution is 2.20. The van der Waals surface area contributed by atoms with Crippen LogP contribution in [0.25, 0.3) is 17.0 Å². The molecule has 8 nitrogen and oxygen atoms in total. The number of hydrogen-bond acceptors (Lipinski definition) is 7. The summed E-state index contributed by atoms with van der Waals surface area (Å²) in [5.74, 6) is 3.25. The second-order valence-corrected chi connectivity index (χ2v) is 5.59. The topological polar surface area (TPSA) is 87.6 Å². The van der Waals surface area contributed by atoms with Crippen LogP contribution < -0.4 is 9.47 Å². The summed E-state index contributed by atoms with van der Waals surface area (Å²) in [6, 6.07) is 11.1. The van der Waals surface area contributed by atoms with Gasteiger partial charge >= 0.3 is 0 Å². The van der Waals surface area contributed by atoms with Crippen molar-refractivity contribution in [2.24, 2.45) is 0 Å². The molecule has 0 spiro atoms. The van der Waals surface area contributed by atoms with Crippen molar-refractivity contribution < 1.29 is 14.0 Å². The summed E-state index contributed by atoms with van der Waals surface area (Å²) in [6.45, 7) is 2.22. The fraction of sp³-hybridized carbons (Fsp3) is 0.222. The van der Waals surface area contributed by atoms with Gasteiger partial charge < -0.3 is 14.0 Å². The van der Waals surface area contributed by atoms with Crippen LogP contribution in [0.5, 0.6) is 11.5 Å². The number of nitrogens with zero attached hydrogens (tertiary/aromatic N) is 5. The van der Waals surface area contributed by atoms with Gasteiger partial charge in [0.2, 0.25) is 5.82 Å². The Morgan fingerprint density at radius 2 is 1.85 bits per heavy atom. The zero-order valence-electron chi connectivity index (χ0n) is 14.4. The number of hydrogen-bond donors (Lipinski definition) is 0. The monoisotopic (exact) mass is 351 g/mol. The lowest BCUT2D eigenvalue weighted by molar-refractivity contribution is 0.242. The summed E-state index contributed by atoms with van der Waals surface area (Å²) < 4.78 is 18.0. The maximum Gasteiger partial charge on any atom is 0.264 e. The van der Waals surface area contributed by atoms with E-state index < -0.39 is 0 Å². The van der Waals surface area contributed by atoms with Gasteiger partial charge in [0, 0.05) is 18.2 Å². The van der Waals surface area contributed by atoms with Gasteiger partial charge in [0.1, 0.15) is 17.3 Å². The fourth-order valence-electron chi connectivity index (χ4n) is 2.56. The molecule has 0 amide bonds. The maximum atomic E-state index is 5.66. The van der Waals surface area contributed by atoms with Gasteiger partial charge in [-0.2, -0.15) is 4.98 Å². The van der Waals surface area contributed by atoms with Crippen LogP contribution in [0.1, 0.15) is 18.6 Å². The Hall–Kier alpha value is -3.42. The molecule has 0 aliphatic heterocycles. The molecule has 0 unspecified atom stereocenters. The first-order valence-electron chi connectivity index (χ1n) is 8.20. The maximum absolute atomic E-state index is 5.66. The fourth-order valence-corrected chi connectivity index (χ4v) is 2.56. The molecule has 0 aliphatic rings. The predicted molar refractivity (Wildman–Crippen MR) is 93.0 cm³/mol. The lowest BCUT2D eigenvalue weighted by Gasteiger charge is -2.04. The molecule has 0 saturated carbocycles. The first-order chi connectivity index (χ1) is 12.8. The van der Waals surface area contributed by atoms with Crippen LogP contribution in [-0.4, -0.2) is 31.8 Å². The molecule has 0 bridgehead atoms. The zero-order valence-corrected chi connectivity index (χ0v) is 14.4. The molecule has 3 aromatic heterocycles. The second-order valence-electron chi connectivity index (χ2n) is 5.59. The molecule has 26 heavy (non-hydrogen) atoms. The zero-order chi connectivity index (χ0) is 17.9. The van der Waals surface area contributed by atoms with Crippen LogP contribution >= 0.6 is 0 Å². The van der Waals surface area contributed by atoms with Crippen LogP contribution in [0, 0.1) is 0 Å². The third kappa shape index (κ3) is 3.08. The molecule has 3 heterocycles. The Morgan fingerprint density at radius 1 is 1.04 bits per heavy atom. The van der Waals surface area contributed by atoms with E-state index in [0.717, 1.165) is 29.2 Å². The lowest BCUT2D eigenvalue weighted by atomic mass is 10.2. The molecular formula is C18H17N5O3. The van der Waals surface area contributed by atoms with E-state index in [2.05, 4.69) is 20.3 Å². The number of methoxy groups -OCH3 is 1. The molecule has 0 radical (unpaired) electrons. The summed E-state index contributed by atoms with van der Waals surface area (Å²) in [4.78, 5) is 4.39. The lowest BCUT2D eigenvalue weighted by Crippen LogP contribution is -1.96. The molecular weight excluding hydrogens is 334 g/mol. The number of benzene rings is 1. The van der Waals surface area contributed by atoms with Crippen molar-refractivity contribution in [2.45, 2.75) is 20.0 Å². The molecule has 0 N–H and O–H groups in total. The van der Waals surface area contributed by atoms with Gasteiger partial charge in [-0.15, -0.1) is 10.2 Å². The average Bonchev–Trinajstić information content (AvgIpc) is 3.33. The third-order valence-electron chi connectivity index (χ3n) is 3.94. The molecule has 8 heteroatoms. The molecule has 132 valence electrons. The summed E-state index contributed by atoms with van der Waals surface area (Å²) in [6.07, 6.45) is 2.70. The van der Waals surface area contributed by atoms with Crippen LogP contribution in [-0.2, 0) is 13.0 Å². The van der Waals surface area contributed by atoms with Crippen LogP contribution in [0.3, 0.4) is 0 Å². The van der Waals surface area contributed by atoms with Gasteiger partial charge in [0.25, 0.3) is 5.89 Å². The van der Waals surface area contributed by atoms with Gasteiger partial charge in [0.15, 0.2) is 12.3 Å². The summed E-state index contributed by atoms with van der Waals surface area (Å²) in [7, 11) is 1.62. The molecule has 4 rings (SSSR count). The first kappa shape index (κ1) is 16.1. The van der Waals surface area contributed by atoms with Crippen LogP contribution in [0.4, 0.5) is 0 Å². The number of pyridine rings is 1. The predicted octanol–water partition coefficient (Wildman–Crippen LogP) is 2.93. The van der Waals surface area contributed by atoms with Crippen molar-refractivity contribution in [1.29, 1.82) is 0 Å². The number of aryl methyl sites for hydroxylation is 1. The van der Waals surface area contributed by atoms with E-state index in [-0.39, 0.29) is 6.61 Å². The van der Waals surface area contributed by atoms with Gasteiger partial charge in [-0.1, -0.05) is 12.1 Å². The van der Waals surface area contributed by atoms with Crippen molar-refractivity contribution in [3.05, 3.63) is 54.3 Å². The van der Waals surface area contributed by atoms with E-state index >= 15 is 0 Å². The van der Waals surface area contributed by atoms with E-state index in [1.807, 2.05) is 53.9 Å². The Labute approximate surface area is 149 Å². The smallest absolute Gasteiger partial charge is 0.264 e. The quantitative estimate of drug-likeness (QED) is 0.528. The first-order valence-corrected chi connectivity index (χ1v) is 8.20. The molecule has 0 atom stereocenters. The molecule has 0 saturated heterocycles. The van der Waals surface area contributed by atoms with Gasteiger partial charge in [-0.3, -0.25) is 4.40 Å². The Balaban J connectivity index is 1.50. The highest BCUT2D eigenvalue weighted by molar-refractivity contribution is 5.57. The van der Waals surface area contributed by atoms with Gasteiger partial charge in [-0.25, -0.2) is 0 Å². The standard InChI is InChI=1S/C18H17N5O3/c1-3-15-20-21-16-9-4-12(10-23(15)16)18-19-17(26-22-18)11-25-14-7-5-13(24-2)6-8-14/h4-10H,3,11H2,1-2H3.